The molecule has 8 atom stereocenters. The van der Waals surface area contributed by atoms with Crippen molar-refractivity contribution < 1.29 is 52.3 Å². The molecule has 8 fully saturated rings. The van der Waals surface area contributed by atoms with Gasteiger partial charge >= 0.3 is 12.2 Å². The van der Waals surface area contributed by atoms with Gasteiger partial charge in [0.15, 0.2) is 52.3 Å². The number of carbonyl (C=O) groups is 4. The fourth-order valence-corrected chi connectivity index (χ4v) is 21.3. The van der Waals surface area contributed by atoms with E-state index in [0.29, 0.717) is 66.5 Å². The van der Waals surface area contributed by atoms with Crippen molar-refractivity contribution >= 4 is 122 Å². The number of anilines is 8. The summed E-state index contributed by atoms with van der Waals surface area (Å²) in [6.07, 6.45) is 25.9. The Morgan fingerprint density at radius 3 is 1.35 bits per heavy atom. The standard InChI is InChI=1S/C34H47N9O5.C32H43ClN8O4.C25H32N8O2.ClH/c1-21-28(39-32(45)48-33(2,3)4)34(20-47-21)12-16-41(17-13-34)24-19-37-27-29(38-24)43(25-10-6-7-18-46-25)40-30(27)42-15-8-9-22-23(42)11-14-36-26(22)31(44)35-5;1-20-26(37-30(42)45-31(2,3)4)32(19-44-20)11-15-39(16-12-32)23-18-35-25-28(36-23)41(24-9-5-6-17-43-24)38-29(25)40-14-7-8-21-22(40)10-13-34-27(21)33;1-15-22(26)25(14-35-15)6-10-32(11-7-25)19-13-29-21-17(31-19)12-30-23(21)33-9-3-4-16-18(33)5-8-28-20(16)24(34)27-2;/h11,14,19,21,25,28H,6-10,12-13,15-18,20H2,1-5H3,(H,35,44)(H,39,45);10,13,18,20,24,26H,5-9,11-12,14-17,19H2,1-4H3,(H,37,42);5,8,13,15,22H,3-4,6-7,9-12,14,26H2,1-2H3,(H,27,34);1H/t21-,25?,28+;20-,24?,26+;15-,22+;/m000./s1. The molecular formula is C91H123Cl2N25O11. The molecule has 12 aliphatic heterocycles. The van der Waals surface area contributed by atoms with Crippen molar-refractivity contribution in [1.29, 1.82) is 0 Å². The molecule has 0 radical (unpaired) electrons. The highest BCUT2D eigenvalue weighted by molar-refractivity contribution is 6.30. The van der Waals surface area contributed by atoms with Crippen LogP contribution in [0.1, 0.15) is 220 Å². The maximum atomic E-state index is 12.7. The molecular weight excluding hydrogens is 1690 g/mol. The third-order valence-electron chi connectivity index (χ3n) is 28.0. The van der Waals surface area contributed by atoms with Gasteiger partial charge in [-0.2, -0.15) is 0 Å². The lowest BCUT2D eigenvalue weighted by Gasteiger charge is -2.42. The molecule has 8 aromatic rings. The van der Waals surface area contributed by atoms with Crippen LogP contribution >= 0.6 is 24.0 Å². The molecule has 692 valence electrons. The number of ether oxygens (including phenoxy) is 7. The van der Waals surface area contributed by atoms with Gasteiger partial charge in [-0.15, -0.1) is 22.6 Å². The number of aromatic nitrogens is 13. The number of nitrogens with zero attached hydrogens (tertiary/aromatic N) is 20. The molecule has 20 rings (SSSR count). The minimum absolute atomic E-state index is 0. The molecule has 36 nitrogen and oxygen atoms in total. The van der Waals surface area contributed by atoms with Crippen LogP contribution in [-0.4, -0.2) is 248 Å². The van der Waals surface area contributed by atoms with Gasteiger partial charge in [0, 0.05) is 155 Å². The number of hydrogen-bond acceptors (Lipinski definition) is 30. The molecule has 8 saturated heterocycles. The molecule has 0 aliphatic carbocycles. The summed E-state index contributed by atoms with van der Waals surface area (Å²) in [5.41, 5.74) is 16.5. The lowest BCUT2D eigenvalue weighted by atomic mass is 9.73. The highest BCUT2D eigenvalue weighted by atomic mass is 35.5. The summed E-state index contributed by atoms with van der Waals surface area (Å²) < 4.78 is 45.5. The van der Waals surface area contributed by atoms with Crippen molar-refractivity contribution in [3.63, 3.8) is 0 Å². The molecule has 3 spiro atoms. The Kier molecular flexibility index (Phi) is 26.3. The minimum atomic E-state index is -0.571. The summed E-state index contributed by atoms with van der Waals surface area (Å²) >= 11 is 6.51. The van der Waals surface area contributed by atoms with E-state index in [2.05, 4.69) is 72.5 Å². The normalized spacial score (nSPS) is 24.4. The maximum absolute atomic E-state index is 12.7. The predicted molar refractivity (Wildman–Crippen MR) is 491 cm³/mol. The first kappa shape index (κ1) is 90.8. The molecule has 0 aromatic carbocycles. The lowest BCUT2D eigenvalue weighted by molar-refractivity contribution is -0.0369. The highest BCUT2D eigenvalue weighted by Crippen LogP contribution is 2.49. The van der Waals surface area contributed by atoms with Crippen molar-refractivity contribution in [2.75, 3.05) is 135 Å². The monoisotopic (exact) mass is 1810 g/mol. The molecule has 38 heteroatoms. The average Bonchev–Trinajstić information content (AvgIpc) is 1.58. The van der Waals surface area contributed by atoms with Crippen molar-refractivity contribution in [2.24, 2.45) is 27.0 Å². The molecule has 8 aromatic heterocycles. The van der Waals surface area contributed by atoms with Gasteiger partial charge in [-0.1, -0.05) is 11.6 Å². The number of nitrogens with two attached hydrogens (primary N) is 1. The van der Waals surface area contributed by atoms with E-state index in [4.69, 9.17) is 95.6 Å². The number of nitrogens with one attached hydrogen (secondary N) is 4. The molecule has 0 bridgehead atoms. The van der Waals surface area contributed by atoms with E-state index in [9.17, 15) is 19.2 Å². The number of pyridine rings is 3. The lowest BCUT2D eigenvalue weighted by Crippen LogP contribution is -2.55. The zero-order valence-electron chi connectivity index (χ0n) is 75.9. The quantitative estimate of drug-likeness (QED) is 0.0751. The number of alkyl carbamates (subject to hydrolysis) is 2. The second-order valence-corrected chi connectivity index (χ2v) is 38.7. The fourth-order valence-electron chi connectivity index (χ4n) is 21.1. The highest BCUT2D eigenvalue weighted by Gasteiger charge is 2.54. The number of amides is 4. The Bertz CT molecular complexity index is 5470. The van der Waals surface area contributed by atoms with Crippen LogP contribution in [0.2, 0.25) is 5.15 Å². The zero-order valence-corrected chi connectivity index (χ0v) is 77.5. The van der Waals surface area contributed by atoms with Gasteiger partial charge in [-0.3, -0.25) is 24.5 Å². The number of aliphatic imine (C=N–C) groups is 1. The molecule has 20 heterocycles. The first-order valence-electron chi connectivity index (χ1n) is 46.0. The summed E-state index contributed by atoms with van der Waals surface area (Å²) in [6.45, 7) is 28.4. The van der Waals surface area contributed by atoms with Crippen molar-refractivity contribution in [3.05, 3.63) is 100.0 Å². The van der Waals surface area contributed by atoms with Crippen molar-refractivity contribution in [2.45, 2.75) is 245 Å². The molecule has 129 heavy (non-hydrogen) atoms. The van der Waals surface area contributed by atoms with E-state index in [1.165, 1.54) is 0 Å². The van der Waals surface area contributed by atoms with Crippen LogP contribution in [0.5, 0.6) is 0 Å². The topological polar surface area (TPSA) is 390 Å². The molecule has 6 N–H and O–H groups in total. The summed E-state index contributed by atoms with van der Waals surface area (Å²) in [4.78, 5) is 112. The smallest absolute Gasteiger partial charge is 0.407 e. The molecule has 12 aliphatic rings. The van der Waals surface area contributed by atoms with Crippen LogP contribution in [0.15, 0.2) is 60.4 Å². The number of fused-ring (bicyclic) bond motifs is 6. The Labute approximate surface area is 763 Å². The third-order valence-corrected chi connectivity index (χ3v) is 28.3. The summed E-state index contributed by atoms with van der Waals surface area (Å²) in [7, 11) is 3.26. The number of halogens is 2. The Hall–Kier alpha value is -10.1. The van der Waals surface area contributed by atoms with Crippen molar-refractivity contribution in [3.8, 4) is 0 Å². The third kappa shape index (κ3) is 18.1. The van der Waals surface area contributed by atoms with Crippen LogP contribution in [-0.2, 0) is 59.0 Å². The van der Waals surface area contributed by atoms with Crippen molar-refractivity contribution in [1.82, 2.24) is 85.7 Å². The van der Waals surface area contributed by atoms with Crippen LogP contribution in [0, 0.1) is 16.2 Å². The summed E-state index contributed by atoms with van der Waals surface area (Å²) in [5, 5.41) is 22.5. The van der Waals surface area contributed by atoms with E-state index in [1.807, 2.05) is 102 Å². The molecule has 0 saturated carbocycles. The number of hydrogen-bond donors (Lipinski definition) is 5. The van der Waals surface area contributed by atoms with Gasteiger partial charge in [0.05, 0.1) is 86.7 Å². The first-order valence-corrected chi connectivity index (χ1v) is 46.4. The van der Waals surface area contributed by atoms with Crippen LogP contribution in [0.25, 0.3) is 22.3 Å². The zero-order chi connectivity index (χ0) is 89.1. The molecule has 2 unspecified atom stereocenters. The van der Waals surface area contributed by atoms with Gasteiger partial charge in [-0.25, -0.2) is 53.8 Å². The number of amidine groups is 1. The Balaban J connectivity index is 0.000000137. The Morgan fingerprint density at radius 1 is 0.496 bits per heavy atom. The fraction of sp³-hybridized carbons (Fsp3) is 0.626. The summed E-state index contributed by atoms with van der Waals surface area (Å²) in [5.74, 6) is 4.45. The number of piperidine rings is 3. The van der Waals surface area contributed by atoms with Gasteiger partial charge in [0.2, 0.25) is 0 Å². The predicted octanol–water partition coefficient (Wildman–Crippen LogP) is 11.5. The second-order valence-electron chi connectivity index (χ2n) is 38.4. The average molecular weight is 1810 g/mol. The van der Waals surface area contributed by atoms with E-state index < -0.39 is 23.4 Å². The number of carbonyl (C=O) groups excluding carboxylic acids is 4. The van der Waals surface area contributed by atoms with E-state index >= 15 is 0 Å². The van der Waals surface area contributed by atoms with E-state index in [1.54, 1.807) is 32.7 Å². The first-order chi connectivity index (χ1) is 61.7. The van der Waals surface area contributed by atoms with Crippen LogP contribution in [0.3, 0.4) is 0 Å². The van der Waals surface area contributed by atoms with Crippen LogP contribution < -0.4 is 56.4 Å². The largest absolute Gasteiger partial charge is 0.444 e. The van der Waals surface area contributed by atoms with Crippen LogP contribution in [0.4, 0.5) is 55.7 Å². The van der Waals surface area contributed by atoms with Gasteiger partial charge in [0.25, 0.3) is 11.8 Å². The second kappa shape index (κ2) is 37.3. The maximum Gasteiger partial charge on any atom is 0.407 e. The number of rotatable bonds is 11. The minimum Gasteiger partial charge on any atom is -0.444 e. The summed E-state index contributed by atoms with van der Waals surface area (Å²) in [6, 6.07) is 5.76. The van der Waals surface area contributed by atoms with Gasteiger partial charge in [-0.05, 0) is 196 Å². The Morgan fingerprint density at radius 2 is 0.907 bits per heavy atom. The SMILES string of the molecule is CNC(=O)c1nccc2c1CCCN2C1=NCc2nc(N3CCC4(CC3)CO[C@@H](C)[C@H]4N)cnc21.CNC(=O)c1nccc2c1CCCN2c1nn(C2CCCCO2)c2nc(N3CCC4(CC3)CO[C@@H](C)[C@H]4NC(=O)OC(C)(C)C)cnc12.C[C@@H]1OCC2(CCN(c3cnc4c(N5CCCc6c5ccnc6Cl)nn(C5CCCCO5)c4n3)CC2)[C@@H]1NC(=O)OC(C)(C)C.Cl. The molecule has 4 amide bonds. The van der Waals surface area contributed by atoms with Gasteiger partial charge in [0.1, 0.15) is 50.9 Å². The van der Waals surface area contributed by atoms with E-state index in [-0.39, 0.29) is 89.4 Å². The van der Waals surface area contributed by atoms with E-state index in [0.717, 1.165) is 266 Å². The van der Waals surface area contributed by atoms with Gasteiger partial charge < -0.3 is 89.6 Å².